The maximum Gasteiger partial charge on any atom is 0.189 e. The zero-order chi connectivity index (χ0) is 14.8. The van der Waals surface area contributed by atoms with Crippen molar-refractivity contribution in [3.8, 4) is 0 Å². The Hall–Kier alpha value is -2.46. The van der Waals surface area contributed by atoms with Gasteiger partial charge in [-0.3, -0.25) is 4.79 Å². The van der Waals surface area contributed by atoms with Gasteiger partial charge in [-0.15, -0.1) is 0 Å². The van der Waals surface area contributed by atoms with Crippen LogP contribution < -0.4 is 11.2 Å². The number of pyridine rings is 1. The minimum atomic E-state index is -0.278. The van der Waals surface area contributed by atoms with E-state index in [1.165, 1.54) is 12.1 Å². The van der Waals surface area contributed by atoms with Gasteiger partial charge in [-0.25, -0.2) is 4.39 Å². The normalized spacial score (nSPS) is 12.5. The fraction of sp³-hybridized carbons (Fsp3) is 0.118. The molecule has 4 heteroatoms. The summed E-state index contributed by atoms with van der Waals surface area (Å²) in [6, 6.07) is 14.9. The highest BCUT2D eigenvalue weighted by molar-refractivity contribution is 5.78. The van der Waals surface area contributed by atoms with E-state index in [1.807, 2.05) is 22.8 Å². The molecule has 106 valence electrons. The van der Waals surface area contributed by atoms with Gasteiger partial charge < -0.3 is 10.3 Å². The molecular weight excluding hydrogens is 267 g/mol. The van der Waals surface area contributed by atoms with E-state index in [9.17, 15) is 9.18 Å². The maximum absolute atomic E-state index is 12.9. The van der Waals surface area contributed by atoms with Crippen molar-refractivity contribution in [3.63, 3.8) is 0 Å². The molecule has 0 fully saturated rings. The zero-order valence-corrected chi connectivity index (χ0v) is 11.4. The first kappa shape index (κ1) is 13.5. The molecule has 3 nitrogen and oxygen atoms in total. The van der Waals surface area contributed by atoms with Crippen molar-refractivity contribution in [2.24, 2.45) is 5.73 Å². The lowest BCUT2D eigenvalue weighted by Crippen LogP contribution is -2.19. The van der Waals surface area contributed by atoms with E-state index >= 15 is 0 Å². The van der Waals surface area contributed by atoms with Crippen LogP contribution >= 0.6 is 0 Å². The minimum absolute atomic E-state index is 0.00259. The molecule has 2 N–H and O–H groups in total. The summed E-state index contributed by atoms with van der Waals surface area (Å²) in [7, 11) is 0. The van der Waals surface area contributed by atoms with E-state index in [1.54, 1.807) is 30.5 Å². The predicted octanol–water partition coefficient (Wildman–Crippen LogP) is 2.84. The van der Waals surface area contributed by atoms with Crippen LogP contribution in [0.15, 0.2) is 65.6 Å². The summed E-state index contributed by atoms with van der Waals surface area (Å²) in [6.07, 6.45) is 1.74. The van der Waals surface area contributed by atoms with Crippen LogP contribution in [0.2, 0.25) is 0 Å². The number of aromatic nitrogens is 1. The van der Waals surface area contributed by atoms with Crippen LogP contribution in [0, 0.1) is 5.82 Å². The van der Waals surface area contributed by atoms with Crippen molar-refractivity contribution >= 4 is 10.9 Å². The molecule has 1 aromatic heterocycles. The van der Waals surface area contributed by atoms with E-state index in [2.05, 4.69) is 0 Å². The molecule has 0 radical (unpaired) electrons. The Bertz CT molecular complexity index is 824. The molecule has 0 spiro atoms. The van der Waals surface area contributed by atoms with E-state index in [-0.39, 0.29) is 17.3 Å². The number of rotatable bonds is 3. The average molecular weight is 282 g/mol. The van der Waals surface area contributed by atoms with E-state index in [0.717, 1.165) is 11.1 Å². The van der Waals surface area contributed by atoms with Crippen molar-refractivity contribution in [2.75, 3.05) is 0 Å². The third kappa shape index (κ3) is 2.71. The van der Waals surface area contributed by atoms with Gasteiger partial charge in [0.05, 0.1) is 5.52 Å². The van der Waals surface area contributed by atoms with Crippen LogP contribution in [0.25, 0.3) is 10.9 Å². The van der Waals surface area contributed by atoms with Crippen molar-refractivity contribution in [2.45, 2.75) is 12.6 Å². The zero-order valence-electron chi connectivity index (χ0n) is 11.4. The molecule has 0 bridgehead atoms. The van der Waals surface area contributed by atoms with Gasteiger partial charge in [0.25, 0.3) is 0 Å². The molecule has 2 aromatic carbocycles. The molecule has 0 saturated carbocycles. The number of halogens is 1. The molecular formula is C17H15FN2O. The Labute approximate surface area is 121 Å². The summed E-state index contributed by atoms with van der Waals surface area (Å²) < 4.78 is 14.9. The Morgan fingerprint density at radius 3 is 2.52 bits per heavy atom. The van der Waals surface area contributed by atoms with Crippen LogP contribution in [0.4, 0.5) is 4.39 Å². The number of nitrogens with two attached hydrogens (primary N) is 1. The van der Waals surface area contributed by atoms with Crippen molar-refractivity contribution in [3.05, 3.63) is 82.4 Å². The highest BCUT2D eigenvalue weighted by Crippen LogP contribution is 2.16. The maximum atomic E-state index is 12.9. The second-order valence-electron chi connectivity index (χ2n) is 5.01. The molecule has 0 amide bonds. The molecule has 1 unspecified atom stereocenters. The number of hydrogen-bond donors (Lipinski definition) is 1. The van der Waals surface area contributed by atoms with Gasteiger partial charge >= 0.3 is 0 Å². The minimum Gasteiger partial charge on any atom is -0.345 e. The highest BCUT2D eigenvalue weighted by atomic mass is 19.1. The van der Waals surface area contributed by atoms with E-state index in [0.29, 0.717) is 11.9 Å². The SMILES string of the molecule is NC(Cn1ccc(=O)c2ccccc21)c1ccc(F)cc1. The predicted molar refractivity (Wildman–Crippen MR) is 81.5 cm³/mol. The summed E-state index contributed by atoms with van der Waals surface area (Å²) >= 11 is 0. The standard InChI is InChI=1S/C17H15FN2O/c18-13-7-5-12(6-8-13)15(19)11-20-10-9-17(21)14-3-1-2-4-16(14)20/h1-10,15H,11,19H2. The molecule has 0 aliphatic carbocycles. The van der Waals surface area contributed by atoms with Crippen molar-refractivity contribution in [1.29, 1.82) is 0 Å². The number of benzene rings is 2. The lowest BCUT2D eigenvalue weighted by Gasteiger charge is -2.16. The van der Waals surface area contributed by atoms with Gasteiger partial charge in [0.2, 0.25) is 0 Å². The average Bonchev–Trinajstić information content (AvgIpc) is 2.51. The lowest BCUT2D eigenvalue weighted by molar-refractivity contribution is 0.584. The third-order valence-electron chi connectivity index (χ3n) is 3.58. The number of fused-ring (bicyclic) bond motifs is 1. The highest BCUT2D eigenvalue weighted by Gasteiger charge is 2.09. The Morgan fingerprint density at radius 2 is 1.76 bits per heavy atom. The first-order valence-corrected chi connectivity index (χ1v) is 6.74. The molecule has 1 heterocycles. The molecule has 3 rings (SSSR count). The number of para-hydroxylation sites is 1. The third-order valence-corrected chi connectivity index (χ3v) is 3.58. The second-order valence-corrected chi connectivity index (χ2v) is 5.01. The first-order chi connectivity index (χ1) is 10.1. The summed E-state index contributed by atoms with van der Waals surface area (Å²) in [5.41, 5.74) is 7.89. The Balaban J connectivity index is 1.96. The fourth-order valence-electron chi connectivity index (χ4n) is 2.45. The van der Waals surface area contributed by atoms with Gasteiger partial charge in [-0.1, -0.05) is 24.3 Å². The van der Waals surface area contributed by atoms with Crippen molar-refractivity contribution < 1.29 is 4.39 Å². The van der Waals surface area contributed by atoms with Gasteiger partial charge in [0.15, 0.2) is 5.43 Å². The smallest absolute Gasteiger partial charge is 0.189 e. The first-order valence-electron chi connectivity index (χ1n) is 6.74. The molecule has 0 aliphatic rings. The number of nitrogens with zero attached hydrogens (tertiary/aromatic N) is 1. The van der Waals surface area contributed by atoms with Gasteiger partial charge in [-0.2, -0.15) is 0 Å². The van der Waals surface area contributed by atoms with Crippen LogP contribution in [0.3, 0.4) is 0 Å². The van der Waals surface area contributed by atoms with Gasteiger partial charge in [0.1, 0.15) is 5.82 Å². The summed E-state index contributed by atoms with van der Waals surface area (Å²) in [6.45, 7) is 0.520. The monoisotopic (exact) mass is 282 g/mol. The summed E-state index contributed by atoms with van der Waals surface area (Å²) in [4.78, 5) is 11.8. The van der Waals surface area contributed by atoms with Gasteiger partial charge in [0, 0.05) is 30.2 Å². The second kappa shape index (κ2) is 5.50. The molecule has 3 aromatic rings. The molecule has 0 aliphatic heterocycles. The lowest BCUT2D eigenvalue weighted by atomic mass is 10.1. The summed E-state index contributed by atoms with van der Waals surface area (Å²) in [5, 5.41) is 0.673. The van der Waals surface area contributed by atoms with Crippen LogP contribution in [0.5, 0.6) is 0 Å². The van der Waals surface area contributed by atoms with E-state index < -0.39 is 0 Å². The largest absolute Gasteiger partial charge is 0.345 e. The van der Waals surface area contributed by atoms with Gasteiger partial charge in [-0.05, 0) is 29.8 Å². The van der Waals surface area contributed by atoms with Crippen LogP contribution in [0.1, 0.15) is 11.6 Å². The molecule has 0 saturated heterocycles. The topological polar surface area (TPSA) is 48.0 Å². The summed E-state index contributed by atoms with van der Waals surface area (Å²) in [5.74, 6) is -0.278. The van der Waals surface area contributed by atoms with Crippen LogP contribution in [-0.2, 0) is 6.54 Å². The Morgan fingerprint density at radius 1 is 1.05 bits per heavy atom. The fourth-order valence-corrected chi connectivity index (χ4v) is 2.45. The van der Waals surface area contributed by atoms with E-state index in [4.69, 9.17) is 5.73 Å². The van der Waals surface area contributed by atoms with Crippen LogP contribution in [-0.4, -0.2) is 4.57 Å². The molecule has 1 atom stereocenters. The van der Waals surface area contributed by atoms with Crippen molar-refractivity contribution in [1.82, 2.24) is 4.57 Å². The number of hydrogen-bond acceptors (Lipinski definition) is 2. The Kier molecular flexibility index (Phi) is 3.54. The molecule has 21 heavy (non-hydrogen) atoms. The quantitative estimate of drug-likeness (QED) is 0.803.